The van der Waals surface area contributed by atoms with Gasteiger partial charge in [-0.15, -0.1) is 6.42 Å². The lowest BCUT2D eigenvalue weighted by Crippen LogP contribution is -2.44. The number of nitrogens with zero attached hydrogens (tertiary/aromatic N) is 1. The summed E-state index contributed by atoms with van der Waals surface area (Å²) in [5.41, 5.74) is -1.76. The first kappa shape index (κ1) is 21.5. The second-order valence-electron chi connectivity index (χ2n) is 6.69. The van der Waals surface area contributed by atoms with Crippen molar-refractivity contribution in [2.75, 3.05) is 0 Å². The molecule has 0 saturated carbocycles. The van der Waals surface area contributed by atoms with Crippen LogP contribution in [0.3, 0.4) is 0 Å². The monoisotopic (exact) mass is 464 g/mol. The zero-order valence-corrected chi connectivity index (χ0v) is 17.9. The zero-order chi connectivity index (χ0) is 21.5. The topological polar surface area (TPSA) is 94.9 Å². The SMILES string of the molecule is [B]C(O)(OP1OCc2cc(Cl)ccc2O1)C1CCC(n2cc(C#C)c(=O)[nH]c2=S)O1. The minimum Gasteiger partial charge on any atom is -0.426 e. The van der Waals surface area contributed by atoms with Crippen LogP contribution in [0.1, 0.15) is 30.2 Å². The van der Waals surface area contributed by atoms with Crippen molar-refractivity contribution in [2.24, 2.45) is 0 Å². The van der Waals surface area contributed by atoms with Gasteiger partial charge in [-0.1, -0.05) is 17.5 Å². The third-order valence-electron chi connectivity index (χ3n) is 4.63. The van der Waals surface area contributed by atoms with Crippen LogP contribution in [0.5, 0.6) is 5.75 Å². The molecule has 3 heterocycles. The number of halogens is 1. The first-order valence-corrected chi connectivity index (χ1v) is 10.7. The van der Waals surface area contributed by atoms with E-state index in [0.717, 1.165) is 5.56 Å². The Hall–Kier alpha value is -1.70. The molecule has 4 unspecified atom stereocenters. The first-order valence-electron chi connectivity index (χ1n) is 8.84. The van der Waals surface area contributed by atoms with E-state index in [1.807, 2.05) is 0 Å². The molecule has 30 heavy (non-hydrogen) atoms. The van der Waals surface area contributed by atoms with Gasteiger partial charge in [0, 0.05) is 16.8 Å². The number of hydrogen-bond acceptors (Lipinski definition) is 7. The summed E-state index contributed by atoms with van der Waals surface area (Å²) in [5, 5.41) is 11.2. The van der Waals surface area contributed by atoms with Crippen LogP contribution >= 0.6 is 32.4 Å². The Morgan fingerprint density at radius 2 is 2.30 bits per heavy atom. The Kier molecular flexibility index (Phi) is 6.06. The lowest BCUT2D eigenvalue weighted by atomic mass is 9.88. The fourth-order valence-electron chi connectivity index (χ4n) is 3.13. The van der Waals surface area contributed by atoms with Crippen LogP contribution in [-0.4, -0.2) is 34.3 Å². The summed E-state index contributed by atoms with van der Waals surface area (Å²) in [5.74, 6) is 2.83. The molecule has 4 rings (SSSR count). The van der Waals surface area contributed by atoms with E-state index in [1.54, 1.807) is 18.2 Å². The van der Waals surface area contributed by atoms with Gasteiger partial charge >= 0.3 is 8.60 Å². The van der Waals surface area contributed by atoms with Crippen molar-refractivity contribution in [3.8, 4) is 18.1 Å². The van der Waals surface area contributed by atoms with Gasteiger partial charge in [-0.2, -0.15) is 0 Å². The molecular formula is C18H15BClN2O6PS. The highest BCUT2D eigenvalue weighted by Crippen LogP contribution is 2.51. The van der Waals surface area contributed by atoms with Crippen LogP contribution in [0.2, 0.25) is 5.02 Å². The molecule has 1 saturated heterocycles. The molecule has 1 aromatic heterocycles. The maximum atomic E-state index is 11.8. The number of terminal acetylenes is 1. The molecule has 0 amide bonds. The molecule has 0 spiro atoms. The molecule has 2 radical (unpaired) electrons. The number of ether oxygens (including phenoxy) is 1. The summed E-state index contributed by atoms with van der Waals surface area (Å²) >= 11 is 11.1. The summed E-state index contributed by atoms with van der Waals surface area (Å²) in [4.78, 5) is 14.3. The molecule has 2 N–H and O–H groups in total. The predicted octanol–water partition coefficient (Wildman–Crippen LogP) is 2.89. The van der Waals surface area contributed by atoms with Crippen molar-refractivity contribution >= 4 is 40.3 Å². The van der Waals surface area contributed by atoms with Gasteiger partial charge in [-0.05, 0) is 43.3 Å². The van der Waals surface area contributed by atoms with Gasteiger partial charge in [0.25, 0.3) is 5.56 Å². The lowest BCUT2D eigenvalue weighted by Gasteiger charge is -2.34. The predicted molar refractivity (Wildman–Crippen MR) is 113 cm³/mol. The van der Waals surface area contributed by atoms with E-state index < -0.39 is 32.2 Å². The number of benzene rings is 1. The third kappa shape index (κ3) is 4.34. The Labute approximate surface area is 184 Å². The quantitative estimate of drug-likeness (QED) is 0.236. The molecular weight excluding hydrogens is 450 g/mol. The zero-order valence-electron chi connectivity index (χ0n) is 15.4. The maximum Gasteiger partial charge on any atom is 0.399 e. The van der Waals surface area contributed by atoms with E-state index in [0.29, 0.717) is 23.6 Å². The van der Waals surface area contributed by atoms with Crippen LogP contribution in [0.15, 0.2) is 29.2 Å². The standard InChI is InChI=1S/C18H15BClN2O6PS/c1-2-10-8-22(17(30)21-16(10)23)15-6-5-14(26-15)18(19,24)28-29-25-9-11-7-12(20)3-4-13(11)27-29/h1,3-4,7-8,14-15,24H,5-6,9H2,(H,21,23,30). The Morgan fingerprint density at radius 3 is 3.07 bits per heavy atom. The van der Waals surface area contributed by atoms with E-state index in [4.69, 9.17) is 56.4 Å². The van der Waals surface area contributed by atoms with Gasteiger partial charge in [0.05, 0.1) is 6.61 Å². The number of H-pyrrole nitrogens is 1. The summed E-state index contributed by atoms with van der Waals surface area (Å²) in [6.07, 6.45) is 6.11. The second-order valence-corrected chi connectivity index (χ2v) is 8.59. The summed E-state index contributed by atoms with van der Waals surface area (Å²) in [6, 6.07) is 5.09. The molecule has 2 aromatic rings. The second kappa shape index (κ2) is 8.44. The number of aromatic nitrogens is 2. The fourth-order valence-corrected chi connectivity index (χ4v) is 4.67. The van der Waals surface area contributed by atoms with Crippen molar-refractivity contribution in [3.05, 3.63) is 55.7 Å². The minimum absolute atomic E-state index is 0.112. The largest absolute Gasteiger partial charge is 0.426 e. The van der Waals surface area contributed by atoms with Crippen LogP contribution in [0, 0.1) is 17.1 Å². The molecule has 4 atom stereocenters. The van der Waals surface area contributed by atoms with Crippen LogP contribution in [0.25, 0.3) is 0 Å². The average Bonchev–Trinajstić information content (AvgIpc) is 3.19. The van der Waals surface area contributed by atoms with E-state index in [1.165, 1.54) is 10.8 Å². The molecule has 1 fully saturated rings. The smallest absolute Gasteiger partial charge is 0.399 e. The van der Waals surface area contributed by atoms with Crippen molar-refractivity contribution in [1.29, 1.82) is 0 Å². The first-order chi connectivity index (χ1) is 14.3. The third-order valence-corrected chi connectivity index (χ3v) is 6.31. The molecule has 0 aliphatic carbocycles. The van der Waals surface area contributed by atoms with Gasteiger partial charge in [-0.3, -0.25) is 23.4 Å². The molecule has 2 aliphatic rings. The Bertz CT molecular complexity index is 1130. The van der Waals surface area contributed by atoms with Crippen molar-refractivity contribution < 1.29 is 23.4 Å². The molecule has 8 nitrogen and oxygen atoms in total. The minimum atomic E-state index is -2.18. The summed E-state index contributed by atoms with van der Waals surface area (Å²) in [7, 11) is 4.02. The number of hydrogen-bond donors (Lipinski definition) is 2. The van der Waals surface area contributed by atoms with Gasteiger partial charge < -0.3 is 14.4 Å². The maximum absolute atomic E-state index is 11.8. The Balaban J connectivity index is 1.45. The molecule has 1 aromatic carbocycles. The van der Waals surface area contributed by atoms with Crippen LogP contribution in [0.4, 0.5) is 0 Å². The van der Waals surface area contributed by atoms with Gasteiger partial charge in [0.1, 0.15) is 23.6 Å². The average molecular weight is 465 g/mol. The van der Waals surface area contributed by atoms with E-state index >= 15 is 0 Å². The molecule has 2 aliphatic heterocycles. The van der Waals surface area contributed by atoms with E-state index in [2.05, 4.69) is 10.9 Å². The number of rotatable bonds is 4. The van der Waals surface area contributed by atoms with Gasteiger partial charge in [0.15, 0.2) is 18.3 Å². The number of aromatic amines is 1. The van der Waals surface area contributed by atoms with E-state index in [-0.39, 0.29) is 16.9 Å². The van der Waals surface area contributed by atoms with E-state index in [9.17, 15) is 9.90 Å². The van der Waals surface area contributed by atoms with Gasteiger partial charge in [0.2, 0.25) is 0 Å². The fraction of sp³-hybridized carbons (Fsp3) is 0.333. The van der Waals surface area contributed by atoms with Gasteiger partial charge in [-0.25, -0.2) is 0 Å². The van der Waals surface area contributed by atoms with Crippen LogP contribution < -0.4 is 10.1 Å². The van der Waals surface area contributed by atoms with Crippen LogP contribution in [-0.2, 0) is 20.4 Å². The highest BCUT2D eigenvalue weighted by molar-refractivity contribution is 7.71. The van der Waals surface area contributed by atoms with Crippen molar-refractivity contribution in [1.82, 2.24) is 9.55 Å². The molecule has 154 valence electrons. The highest BCUT2D eigenvalue weighted by atomic mass is 35.5. The Morgan fingerprint density at radius 1 is 1.50 bits per heavy atom. The normalized spacial score (nSPS) is 25.0. The lowest BCUT2D eigenvalue weighted by molar-refractivity contribution is -0.171. The van der Waals surface area contributed by atoms with Crippen molar-refractivity contribution in [3.63, 3.8) is 0 Å². The molecule has 0 bridgehead atoms. The summed E-state index contributed by atoms with van der Waals surface area (Å²) in [6.45, 7) is 0.202. The number of nitrogens with one attached hydrogen (secondary N) is 1. The molecule has 12 heteroatoms. The highest BCUT2D eigenvalue weighted by Gasteiger charge is 2.43. The van der Waals surface area contributed by atoms with Crippen molar-refractivity contribution in [2.45, 2.75) is 37.5 Å². The number of fused-ring (bicyclic) bond motifs is 1. The number of aliphatic hydroxyl groups is 1. The summed E-state index contributed by atoms with van der Waals surface area (Å²) < 4.78 is 24.2.